The van der Waals surface area contributed by atoms with Crippen molar-refractivity contribution in [3.63, 3.8) is 0 Å². The second-order valence-corrected chi connectivity index (χ2v) is 4.72. The van der Waals surface area contributed by atoms with Crippen LogP contribution >= 0.6 is 15.9 Å². The van der Waals surface area contributed by atoms with E-state index in [1.54, 1.807) is 0 Å². The van der Waals surface area contributed by atoms with Crippen molar-refractivity contribution < 1.29 is 9.53 Å². The van der Waals surface area contributed by atoms with Gasteiger partial charge in [0.15, 0.2) is 5.78 Å². The Bertz CT molecular complexity index is 425. The van der Waals surface area contributed by atoms with Crippen molar-refractivity contribution in [3.05, 3.63) is 46.6 Å². The first-order valence-corrected chi connectivity index (χ1v) is 5.53. The minimum absolute atomic E-state index is 0.101. The van der Waals surface area contributed by atoms with E-state index in [9.17, 15) is 4.79 Å². The molecule has 15 heavy (non-hydrogen) atoms. The van der Waals surface area contributed by atoms with Crippen molar-refractivity contribution in [2.24, 2.45) is 0 Å². The van der Waals surface area contributed by atoms with E-state index in [0.29, 0.717) is 6.42 Å². The van der Waals surface area contributed by atoms with Crippen LogP contribution < -0.4 is 0 Å². The van der Waals surface area contributed by atoms with Crippen LogP contribution in [-0.4, -0.2) is 5.78 Å². The number of carbonyl (C=O) groups excluding carboxylic acids is 1. The van der Waals surface area contributed by atoms with Crippen LogP contribution in [-0.2, 0) is 15.1 Å². The van der Waals surface area contributed by atoms with Gasteiger partial charge in [0.1, 0.15) is 5.60 Å². The molecule has 0 radical (unpaired) electrons. The Morgan fingerprint density at radius 3 is 2.93 bits per heavy atom. The predicted molar refractivity (Wildman–Crippen MR) is 61.3 cm³/mol. The van der Waals surface area contributed by atoms with E-state index in [1.807, 2.05) is 31.2 Å². The summed E-state index contributed by atoms with van der Waals surface area (Å²) in [6.45, 7) is 1.93. The Kier molecular flexibility index (Phi) is 2.65. The molecule has 0 bridgehead atoms. The van der Waals surface area contributed by atoms with Gasteiger partial charge in [-0.3, -0.25) is 4.79 Å². The lowest BCUT2D eigenvalue weighted by molar-refractivity contribution is -0.122. The highest BCUT2D eigenvalue weighted by molar-refractivity contribution is 9.10. The molecule has 78 valence electrons. The lowest BCUT2D eigenvalue weighted by atomic mass is 9.89. The van der Waals surface area contributed by atoms with Gasteiger partial charge in [-0.25, -0.2) is 0 Å². The molecule has 0 aliphatic carbocycles. The molecule has 0 spiro atoms. The van der Waals surface area contributed by atoms with Crippen LogP contribution in [0.2, 0.25) is 0 Å². The molecule has 1 atom stereocenters. The lowest BCUT2D eigenvalue weighted by Gasteiger charge is -2.31. The van der Waals surface area contributed by atoms with E-state index in [2.05, 4.69) is 15.9 Å². The molecule has 0 amide bonds. The zero-order valence-electron chi connectivity index (χ0n) is 8.37. The molecule has 0 saturated heterocycles. The number of ketones is 1. The molecule has 1 unspecified atom stereocenters. The van der Waals surface area contributed by atoms with Crippen LogP contribution in [0.5, 0.6) is 0 Å². The number of carbonyl (C=O) groups is 1. The normalized spacial score (nSPS) is 25.1. The number of hydrogen-bond donors (Lipinski definition) is 0. The zero-order chi connectivity index (χ0) is 10.9. The molecular formula is C12H11BrO2. The largest absolute Gasteiger partial charge is 0.490 e. The van der Waals surface area contributed by atoms with Gasteiger partial charge in [0.05, 0.1) is 12.7 Å². The van der Waals surface area contributed by atoms with Gasteiger partial charge in [-0.15, -0.1) is 0 Å². The fraction of sp³-hybridized carbons (Fsp3) is 0.250. The van der Waals surface area contributed by atoms with E-state index in [0.717, 1.165) is 10.0 Å². The number of hydrogen-bond acceptors (Lipinski definition) is 2. The van der Waals surface area contributed by atoms with Gasteiger partial charge in [-0.05, 0) is 24.6 Å². The second-order valence-electron chi connectivity index (χ2n) is 3.80. The van der Waals surface area contributed by atoms with E-state index in [1.165, 1.54) is 12.3 Å². The van der Waals surface area contributed by atoms with Gasteiger partial charge in [-0.2, -0.15) is 0 Å². The summed E-state index contributed by atoms with van der Waals surface area (Å²) >= 11 is 3.41. The molecule has 1 aliphatic heterocycles. The van der Waals surface area contributed by atoms with Crippen LogP contribution in [0.25, 0.3) is 0 Å². The first kappa shape index (κ1) is 10.4. The fourth-order valence-corrected chi connectivity index (χ4v) is 2.08. The molecule has 1 aliphatic rings. The highest BCUT2D eigenvalue weighted by Gasteiger charge is 2.32. The highest BCUT2D eigenvalue weighted by Crippen LogP contribution is 2.33. The summed E-state index contributed by atoms with van der Waals surface area (Å²) in [5.41, 5.74) is 0.477. The maximum atomic E-state index is 11.4. The Balaban J connectivity index is 2.37. The first-order valence-electron chi connectivity index (χ1n) is 4.73. The predicted octanol–water partition coefficient (Wildman–Crippen LogP) is 3.17. The summed E-state index contributed by atoms with van der Waals surface area (Å²) in [6.07, 6.45) is 3.34. The standard InChI is InChI=1S/C12H11BrO2/c1-12(8-11(14)5-6-15-12)9-3-2-4-10(13)7-9/h2-7H,8H2,1H3. The van der Waals surface area contributed by atoms with Crippen LogP contribution in [0.1, 0.15) is 18.9 Å². The molecule has 2 rings (SSSR count). The topological polar surface area (TPSA) is 26.3 Å². The zero-order valence-corrected chi connectivity index (χ0v) is 9.95. The summed E-state index contributed by atoms with van der Waals surface area (Å²) < 4.78 is 6.55. The Morgan fingerprint density at radius 2 is 2.27 bits per heavy atom. The van der Waals surface area contributed by atoms with Crippen molar-refractivity contribution in [2.45, 2.75) is 18.9 Å². The van der Waals surface area contributed by atoms with Crippen molar-refractivity contribution in [3.8, 4) is 0 Å². The molecule has 2 nitrogen and oxygen atoms in total. The average molecular weight is 267 g/mol. The van der Waals surface area contributed by atoms with Gasteiger partial charge in [0, 0.05) is 10.5 Å². The Labute approximate surface area is 97.1 Å². The second kappa shape index (κ2) is 3.81. The maximum Gasteiger partial charge on any atom is 0.163 e. The van der Waals surface area contributed by atoms with E-state index in [-0.39, 0.29) is 5.78 Å². The molecule has 0 fully saturated rings. The van der Waals surface area contributed by atoms with E-state index >= 15 is 0 Å². The first-order chi connectivity index (χ1) is 7.10. The minimum Gasteiger partial charge on any atom is -0.490 e. The van der Waals surface area contributed by atoms with Crippen molar-refractivity contribution in [2.75, 3.05) is 0 Å². The van der Waals surface area contributed by atoms with Gasteiger partial charge in [0.2, 0.25) is 0 Å². The Hall–Kier alpha value is -1.09. The number of benzene rings is 1. The maximum absolute atomic E-state index is 11.4. The average Bonchev–Trinajstić information content (AvgIpc) is 2.17. The van der Waals surface area contributed by atoms with Gasteiger partial charge < -0.3 is 4.74 Å². The number of ether oxygens (including phenoxy) is 1. The van der Waals surface area contributed by atoms with Crippen molar-refractivity contribution in [1.29, 1.82) is 0 Å². The summed E-state index contributed by atoms with van der Waals surface area (Å²) in [5, 5.41) is 0. The molecule has 0 aromatic heterocycles. The quantitative estimate of drug-likeness (QED) is 0.781. The van der Waals surface area contributed by atoms with Crippen LogP contribution in [0.3, 0.4) is 0 Å². The van der Waals surface area contributed by atoms with Gasteiger partial charge in [0.25, 0.3) is 0 Å². The molecule has 1 heterocycles. The molecule has 0 N–H and O–H groups in total. The summed E-state index contributed by atoms with van der Waals surface area (Å²) in [7, 11) is 0. The molecule has 3 heteroatoms. The summed E-state index contributed by atoms with van der Waals surface area (Å²) in [6, 6.07) is 7.84. The van der Waals surface area contributed by atoms with Crippen LogP contribution in [0, 0.1) is 0 Å². The molecule has 0 saturated carbocycles. The third kappa shape index (κ3) is 2.12. The van der Waals surface area contributed by atoms with E-state index < -0.39 is 5.60 Å². The van der Waals surface area contributed by atoms with Crippen molar-refractivity contribution >= 4 is 21.7 Å². The molecule has 1 aromatic carbocycles. The van der Waals surface area contributed by atoms with Gasteiger partial charge >= 0.3 is 0 Å². The van der Waals surface area contributed by atoms with Crippen LogP contribution in [0.15, 0.2) is 41.1 Å². The van der Waals surface area contributed by atoms with Crippen molar-refractivity contribution in [1.82, 2.24) is 0 Å². The Morgan fingerprint density at radius 1 is 1.47 bits per heavy atom. The summed E-state index contributed by atoms with van der Waals surface area (Å²) in [5.74, 6) is 0.101. The van der Waals surface area contributed by atoms with E-state index in [4.69, 9.17) is 4.74 Å². The van der Waals surface area contributed by atoms with Gasteiger partial charge in [-0.1, -0.05) is 28.1 Å². The minimum atomic E-state index is -0.532. The number of halogens is 1. The van der Waals surface area contributed by atoms with Crippen LogP contribution in [0.4, 0.5) is 0 Å². The lowest BCUT2D eigenvalue weighted by Crippen LogP contribution is -2.29. The number of rotatable bonds is 1. The molecular weight excluding hydrogens is 256 g/mol. The fourth-order valence-electron chi connectivity index (χ4n) is 1.68. The third-order valence-corrected chi connectivity index (χ3v) is 3.02. The SMILES string of the molecule is CC1(c2cccc(Br)c2)CC(=O)C=CO1. The summed E-state index contributed by atoms with van der Waals surface area (Å²) in [4.78, 5) is 11.4. The number of allylic oxidation sites excluding steroid dienone is 1. The third-order valence-electron chi connectivity index (χ3n) is 2.53. The monoisotopic (exact) mass is 266 g/mol. The molecule has 1 aromatic rings. The smallest absolute Gasteiger partial charge is 0.163 e. The highest BCUT2D eigenvalue weighted by atomic mass is 79.9.